The van der Waals surface area contributed by atoms with Gasteiger partial charge in [0.15, 0.2) is 0 Å². The molecule has 6 heteroatoms. The van der Waals surface area contributed by atoms with E-state index in [1.165, 1.54) is 0 Å². The van der Waals surface area contributed by atoms with E-state index in [4.69, 9.17) is 0 Å². The summed E-state index contributed by atoms with van der Waals surface area (Å²) in [5.74, 6) is 0.0711. The van der Waals surface area contributed by atoms with Gasteiger partial charge in [0.25, 0.3) is 5.91 Å². The zero-order valence-corrected chi connectivity index (χ0v) is 13.3. The number of H-pyrrole nitrogens is 1. The van der Waals surface area contributed by atoms with Gasteiger partial charge in [0, 0.05) is 48.5 Å². The Labute approximate surface area is 139 Å². The molecule has 1 aliphatic rings. The Morgan fingerprint density at radius 2 is 2.12 bits per heavy atom. The maximum absolute atomic E-state index is 12.5. The number of likely N-dealkylation sites (tertiary alicyclic amines) is 1. The number of aromatic amines is 1. The van der Waals surface area contributed by atoms with Gasteiger partial charge >= 0.3 is 0 Å². The third kappa shape index (κ3) is 2.55. The van der Waals surface area contributed by atoms with E-state index in [9.17, 15) is 9.90 Å². The highest BCUT2D eigenvalue weighted by atomic mass is 16.3. The Balaban J connectivity index is 1.58. The number of hydrogen-bond acceptors (Lipinski definition) is 4. The van der Waals surface area contributed by atoms with Crippen LogP contribution in [0.4, 0.5) is 0 Å². The molecule has 1 amide bonds. The molecular weight excluding hydrogens is 304 g/mol. The van der Waals surface area contributed by atoms with Crippen LogP contribution in [0.25, 0.3) is 22.2 Å². The number of aromatic nitrogens is 3. The summed E-state index contributed by atoms with van der Waals surface area (Å²) in [7, 11) is 0. The maximum atomic E-state index is 12.5. The van der Waals surface area contributed by atoms with Crippen LogP contribution in [-0.2, 0) is 0 Å². The fraction of sp³-hybridized carbons (Fsp3) is 0.278. The van der Waals surface area contributed by atoms with Gasteiger partial charge < -0.3 is 15.0 Å². The highest BCUT2D eigenvalue weighted by Gasteiger charge is 2.34. The van der Waals surface area contributed by atoms with Crippen molar-refractivity contribution in [1.82, 2.24) is 19.9 Å². The first-order chi connectivity index (χ1) is 11.6. The zero-order chi connectivity index (χ0) is 16.7. The summed E-state index contributed by atoms with van der Waals surface area (Å²) >= 11 is 0. The Morgan fingerprint density at radius 1 is 1.29 bits per heavy atom. The van der Waals surface area contributed by atoms with Crippen LogP contribution < -0.4 is 0 Å². The minimum absolute atomic E-state index is 0.0931. The maximum Gasteiger partial charge on any atom is 0.272 e. The van der Waals surface area contributed by atoms with Crippen molar-refractivity contribution in [2.24, 2.45) is 5.92 Å². The van der Waals surface area contributed by atoms with Crippen LogP contribution >= 0.6 is 0 Å². The molecule has 3 aromatic heterocycles. The molecule has 0 aromatic carbocycles. The van der Waals surface area contributed by atoms with E-state index in [0.29, 0.717) is 18.8 Å². The minimum Gasteiger partial charge on any atom is -0.393 e. The molecule has 1 saturated heterocycles. The number of amides is 1. The van der Waals surface area contributed by atoms with Crippen molar-refractivity contribution < 1.29 is 9.90 Å². The molecule has 2 N–H and O–H groups in total. The number of fused-ring (bicyclic) bond motifs is 1. The lowest BCUT2D eigenvalue weighted by atomic mass is 9.94. The number of nitrogens with zero attached hydrogens (tertiary/aromatic N) is 3. The number of nitrogens with one attached hydrogen (secondary N) is 1. The summed E-state index contributed by atoms with van der Waals surface area (Å²) in [4.78, 5) is 25.9. The number of pyridine rings is 2. The fourth-order valence-corrected chi connectivity index (χ4v) is 2.97. The van der Waals surface area contributed by atoms with Crippen molar-refractivity contribution in [1.29, 1.82) is 0 Å². The molecule has 1 fully saturated rings. The summed E-state index contributed by atoms with van der Waals surface area (Å²) in [5, 5.41) is 10.6. The molecule has 0 saturated carbocycles. The second-order valence-electron chi connectivity index (χ2n) is 6.28. The van der Waals surface area contributed by atoms with Crippen LogP contribution in [0.15, 0.2) is 42.9 Å². The molecule has 122 valence electrons. The highest BCUT2D eigenvalue weighted by Crippen LogP contribution is 2.25. The third-order valence-corrected chi connectivity index (χ3v) is 4.59. The molecule has 4 heterocycles. The van der Waals surface area contributed by atoms with Gasteiger partial charge in [-0.25, -0.2) is 4.98 Å². The van der Waals surface area contributed by atoms with Crippen LogP contribution in [0, 0.1) is 5.92 Å². The first-order valence-electron chi connectivity index (χ1n) is 7.99. The minimum atomic E-state index is -0.382. The molecule has 0 bridgehead atoms. The molecule has 0 spiro atoms. The molecule has 24 heavy (non-hydrogen) atoms. The fourth-order valence-electron chi connectivity index (χ4n) is 2.97. The molecule has 1 atom stereocenters. The van der Waals surface area contributed by atoms with Gasteiger partial charge in [0.2, 0.25) is 0 Å². The van der Waals surface area contributed by atoms with Crippen molar-refractivity contribution in [3.8, 4) is 11.1 Å². The van der Waals surface area contributed by atoms with Gasteiger partial charge in [-0.3, -0.25) is 9.78 Å². The second kappa shape index (κ2) is 5.72. The van der Waals surface area contributed by atoms with Crippen molar-refractivity contribution in [2.75, 3.05) is 13.1 Å². The van der Waals surface area contributed by atoms with Crippen molar-refractivity contribution >= 4 is 16.9 Å². The van der Waals surface area contributed by atoms with Gasteiger partial charge in [-0.1, -0.05) is 0 Å². The summed E-state index contributed by atoms with van der Waals surface area (Å²) in [6.07, 6.45) is 4.91. The van der Waals surface area contributed by atoms with Crippen LogP contribution in [0.5, 0.6) is 0 Å². The van der Waals surface area contributed by atoms with Crippen molar-refractivity contribution in [2.45, 2.75) is 13.0 Å². The lowest BCUT2D eigenvalue weighted by Crippen LogP contribution is -2.53. The van der Waals surface area contributed by atoms with E-state index < -0.39 is 0 Å². The Kier molecular flexibility index (Phi) is 3.54. The number of carbonyl (C=O) groups is 1. The molecule has 6 nitrogen and oxygen atoms in total. The topological polar surface area (TPSA) is 82.1 Å². The number of rotatable bonds is 3. The predicted octanol–water partition coefficient (Wildman–Crippen LogP) is 2.08. The quantitative estimate of drug-likeness (QED) is 0.773. The average Bonchev–Trinajstić information content (AvgIpc) is 3.00. The molecule has 3 aromatic rings. The van der Waals surface area contributed by atoms with Crippen LogP contribution in [-0.4, -0.2) is 50.1 Å². The number of carbonyl (C=O) groups excluding carboxylic acids is 1. The molecule has 0 aliphatic carbocycles. The number of aliphatic hydroxyl groups excluding tert-OH is 1. The van der Waals surface area contributed by atoms with Crippen LogP contribution in [0.2, 0.25) is 0 Å². The lowest BCUT2D eigenvalue weighted by molar-refractivity contribution is 0.00846. The summed E-state index contributed by atoms with van der Waals surface area (Å²) in [6.45, 7) is 2.92. The number of aliphatic hydroxyl groups is 1. The average molecular weight is 322 g/mol. The van der Waals surface area contributed by atoms with Crippen molar-refractivity contribution in [3.05, 3.63) is 48.5 Å². The SMILES string of the molecule is CC(O)C1CN(C(=O)c2cc(-c3cnc4[nH]ccc4c3)ccn2)C1. The summed E-state index contributed by atoms with van der Waals surface area (Å²) in [6, 6.07) is 7.68. The van der Waals surface area contributed by atoms with Gasteiger partial charge in [-0.15, -0.1) is 0 Å². The van der Waals surface area contributed by atoms with Gasteiger partial charge in [0.1, 0.15) is 11.3 Å². The first kappa shape index (κ1) is 14.8. The zero-order valence-electron chi connectivity index (χ0n) is 13.3. The van der Waals surface area contributed by atoms with E-state index in [1.54, 1.807) is 30.3 Å². The molecular formula is C18H18N4O2. The largest absolute Gasteiger partial charge is 0.393 e. The van der Waals surface area contributed by atoms with E-state index in [2.05, 4.69) is 15.0 Å². The van der Waals surface area contributed by atoms with Gasteiger partial charge in [-0.2, -0.15) is 0 Å². The Morgan fingerprint density at radius 3 is 2.92 bits per heavy atom. The molecule has 4 rings (SSSR count). The summed E-state index contributed by atoms with van der Waals surface area (Å²) < 4.78 is 0. The van der Waals surface area contributed by atoms with Gasteiger partial charge in [-0.05, 0) is 36.8 Å². The first-order valence-corrected chi connectivity index (χ1v) is 7.99. The standard InChI is InChI=1S/C18H18N4O2/c1-11(23)15-9-22(10-15)18(24)16-7-12(2-4-19-16)14-6-13-3-5-20-17(13)21-8-14/h2-8,11,15,23H,9-10H2,1H3,(H,20,21). The van der Waals surface area contributed by atoms with E-state index in [-0.39, 0.29) is 17.9 Å². The summed E-state index contributed by atoms with van der Waals surface area (Å²) in [5.41, 5.74) is 3.13. The Hall–Kier alpha value is -2.73. The lowest BCUT2D eigenvalue weighted by Gasteiger charge is -2.40. The molecule has 1 aliphatic heterocycles. The van der Waals surface area contributed by atoms with E-state index in [1.807, 2.05) is 24.4 Å². The van der Waals surface area contributed by atoms with Crippen LogP contribution in [0.1, 0.15) is 17.4 Å². The molecule has 1 unspecified atom stereocenters. The van der Waals surface area contributed by atoms with Crippen LogP contribution in [0.3, 0.4) is 0 Å². The normalized spacial score (nSPS) is 16.2. The van der Waals surface area contributed by atoms with E-state index >= 15 is 0 Å². The van der Waals surface area contributed by atoms with E-state index in [0.717, 1.165) is 22.2 Å². The third-order valence-electron chi connectivity index (χ3n) is 4.59. The molecule has 0 radical (unpaired) electrons. The van der Waals surface area contributed by atoms with Gasteiger partial charge in [0.05, 0.1) is 6.10 Å². The predicted molar refractivity (Wildman–Crippen MR) is 90.4 cm³/mol. The second-order valence-corrected chi connectivity index (χ2v) is 6.28. The monoisotopic (exact) mass is 322 g/mol. The highest BCUT2D eigenvalue weighted by molar-refractivity contribution is 5.94. The Bertz CT molecular complexity index is 897. The number of hydrogen-bond donors (Lipinski definition) is 2. The van der Waals surface area contributed by atoms with Crippen molar-refractivity contribution in [3.63, 3.8) is 0 Å². The smallest absolute Gasteiger partial charge is 0.272 e.